The van der Waals surface area contributed by atoms with Crippen molar-refractivity contribution in [1.29, 1.82) is 0 Å². The number of hydrogen-bond acceptors (Lipinski definition) is 1. The third-order valence-corrected chi connectivity index (χ3v) is 3.56. The Balaban J connectivity index is 2.52. The third-order valence-electron chi connectivity index (χ3n) is 2.95. The second-order valence-corrected chi connectivity index (χ2v) is 5.10. The van der Waals surface area contributed by atoms with Gasteiger partial charge in [0, 0.05) is 5.56 Å². The first-order valence-corrected chi connectivity index (χ1v) is 6.36. The molecule has 19 heavy (non-hydrogen) atoms. The average Bonchev–Trinajstić information content (AvgIpc) is 2.37. The van der Waals surface area contributed by atoms with Gasteiger partial charge in [0.15, 0.2) is 0 Å². The summed E-state index contributed by atoms with van der Waals surface area (Å²) in [5.41, 5.74) is 6.33. The highest BCUT2D eigenvalue weighted by molar-refractivity contribution is 9.10. The maximum absolute atomic E-state index is 13.9. The zero-order valence-corrected chi connectivity index (χ0v) is 11.6. The zero-order chi connectivity index (χ0) is 14.2. The van der Waals surface area contributed by atoms with Crippen LogP contribution in [-0.2, 0) is 0 Å². The molecule has 2 rings (SSSR count). The number of nitrogens with two attached hydrogens (primary N) is 1. The van der Waals surface area contributed by atoms with Gasteiger partial charge in [-0.2, -0.15) is 0 Å². The first-order valence-electron chi connectivity index (χ1n) is 5.57. The van der Waals surface area contributed by atoms with Crippen LogP contribution in [0.4, 0.5) is 13.2 Å². The molecule has 0 radical (unpaired) electrons. The van der Waals surface area contributed by atoms with Crippen LogP contribution < -0.4 is 5.73 Å². The van der Waals surface area contributed by atoms with E-state index in [0.717, 1.165) is 6.07 Å². The second-order valence-electron chi connectivity index (χ2n) is 4.24. The Labute approximate surface area is 117 Å². The molecule has 2 N–H and O–H groups in total. The largest absolute Gasteiger partial charge is 0.320 e. The number of aryl methyl sites for hydroxylation is 1. The quantitative estimate of drug-likeness (QED) is 0.820. The Hall–Kier alpha value is -1.33. The van der Waals surface area contributed by atoms with Crippen molar-refractivity contribution in [2.75, 3.05) is 0 Å². The van der Waals surface area contributed by atoms with Crippen LogP contribution in [-0.4, -0.2) is 0 Å². The van der Waals surface area contributed by atoms with Crippen LogP contribution in [0, 0.1) is 24.4 Å². The van der Waals surface area contributed by atoms with Gasteiger partial charge in [-0.3, -0.25) is 0 Å². The molecule has 0 aliphatic rings. The first kappa shape index (κ1) is 14.1. The highest BCUT2D eigenvalue weighted by Crippen LogP contribution is 2.29. The van der Waals surface area contributed by atoms with E-state index in [9.17, 15) is 13.2 Å². The lowest BCUT2D eigenvalue weighted by Crippen LogP contribution is -2.16. The van der Waals surface area contributed by atoms with Gasteiger partial charge in [-0.05, 0) is 52.2 Å². The van der Waals surface area contributed by atoms with E-state index >= 15 is 0 Å². The van der Waals surface area contributed by atoms with Gasteiger partial charge in [-0.15, -0.1) is 0 Å². The van der Waals surface area contributed by atoms with E-state index < -0.39 is 23.5 Å². The number of rotatable bonds is 2. The summed E-state index contributed by atoms with van der Waals surface area (Å²) in [6, 6.07) is 5.59. The van der Waals surface area contributed by atoms with Crippen LogP contribution in [0.2, 0.25) is 0 Å². The van der Waals surface area contributed by atoms with Crippen LogP contribution in [0.25, 0.3) is 0 Å². The van der Waals surface area contributed by atoms with Gasteiger partial charge in [0.1, 0.15) is 17.5 Å². The topological polar surface area (TPSA) is 26.0 Å². The molecule has 0 aromatic heterocycles. The highest BCUT2D eigenvalue weighted by Gasteiger charge is 2.21. The minimum atomic E-state index is -1.06. The molecular weight excluding hydrogens is 319 g/mol. The molecule has 2 aromatic rings. The summed E-state index contributed by atoms with van der Waals surface area (Å²) in [7, 11) is 0. The lowest BCUT2D eigenvalue weighted by atomic mass is 9.97. The van der Waals surface area contributed by atoms with Crippen LogP contribution in [0.3, 0.4) is 0 Å². The van der Waals surface area contributed by atoms with Crippen molar-refractivity contribution in [1.82, 2.24) is 0 Å². The Kier molecular flexibility index (Phi) is 3.96. The molecule has 0 saturated heterocycles. The smallest absolute Gasteiger partial charge is 0.145 e. The molecule has 0 heterocycles. The summed E-state index contributed by atoms with van der Waals surface area (Å²) >= 11 is 2.98. The Morgan fingerprint density at radius 2 is 1.74 bits per heavy atom. The molecule has 0 fully saturated rings. The van der Waals surface area contributed by atoms with E-state index in [2.05, 4.69) is 15.9 Å². The molecule has 2 aromatic carbocycles. The van der Waals surface area contributed by atoms with E-state index in [1.165, 1.54) is 18.2 Å². The van der Waals surface area contributed by atoms with E-state index in [-0.39, 0.29) is 10.0 Å². The number of hydrogen-bond donors (Lipinski definition) is 1. The molecule has 0 aliphatic heterocycles. The Morgan fingerprint density at radius 1 is 1.05 bits per heavy atom. The lowest BCUT2D eigenvalue weighted by Gasteiger charge is -2.15. The maximum Gasteiger partial charge on any atom is 0.145 e. The molecule has 0 aliphatic carbocycles. The third kappa shape index (κ3) is 2.67. The summed E-state index contributed by atoms with van der Waals surface area (Å²) < 4.78 is 41.2. The summed E-state index contributed by atoms with van der Waals surface area (Å²) in [5.74, 6) is -1.98. The van der Waals surface area contributed by atoms with Crippen LogP contribution in [0.5, 0.6) is 0 Å². The van der Waals surface area contributed by atoms with Gasteiger partial charge in [0.05, 0.1) is 10.5 Å². The molecular formula is C14H11BrF3N. The van der Waals surface area contributed by atoms with E-state index in [4.69, 9.17) is 5.73 Å². The van der Waals surface area contributed by atoms with Gasteiger partial charge >= 0.3 is 0 Å². The van der Waals surface area contributed by atoms with Crippen molar-refractivity contribution in [3.63, 3.8) is 0 Å². The molecule has 1 unspecified atom stereocenters. The summed E-state index contributed by atoms with van der Waals surface area (Å²) in [5, 5.41) is 0. The highest BCUT2D eigenvalue weighted by atomic mass is 79.9. The monoisotopic (exact) mass is 329 g/mol. The van der Waals surface area contributed by atoms with Crippen molar-refractivity contribution in [2.45, 2.75) is 13.0 Å². The van der Waals surface area contributed by atoms with E-state index in [0.29, 0.717) is 11.1 Å². The van der Waals surface area contributed by atoms with Crippen molar-refractivity contribution in [2.24, 2.45) is 5.73 Å². The molecule has 0 amide bonds. The average molecular weight is 330 g/mol. The fraction of sp³-hybridized carbons (Fsp3) is 0.143. The second kappa shape index (κ2) is 5.35. The van der Waals surface area contributed by atoms with Crippen molar-refractivity contribution in [3.8, 4) is 0 Å². The number of benzene rings is 2. The Bertz CT molecular complexity index is 628. The summed E-state index contributed by atoms with van der Waals surface area (Å²) in [6.07, 6.45) is 0. The van der Waals surface area contributed by atoms with Crippen LogP contribution >= 0.6 is 15.9 Å². The molecule has 100 valence electrons. The lowest BCUT2D eigenvalue weighted by molar-refractivity contribution is 0.538. The SMILES string of the molecule is Cc1ccc(C(N)c2c(F)ccc(Br)c2F)cc1F. The van der Waals surface area contributed by atoms with E-state index in [1.54, 1.807) is 13.0 Å². The van der Waals surface area contributed by atoms with Crippen molar-refractivity contribution >= 4 is 15.9 Å². The number of halogens is 4. The minimum absolute atomic E-state index is 0.118. The molecule has 5 heteroatoms. The van der Waals surface area contributed by atoms with Gasteiger partial charge in [-0.1, -0.05) is 12.1 Å². The normalized spacial score (nSPS) is 12.5. The molecule has 1 atom stereocenters. The van der Waals surface area contributed by atoms with Crippen LogP contribution in [0.15, 0.2) is 34.8 Å². The molecule has 0 spiro atoms. The standard InChI is InChI=1S/C14H11BrF3N/c1-7-2-3-8(6-11(7)17)14(19)12-10(16)5-4-9(15)13(12)18/h2-6,14H,19H2,1H3. The van der Waals surface area contributed by atoms with Crippen molar-refractivity contribution < 1.29 is 13.2 Å². The predicted molar refractivity (Wildman–Crippen MR) is 71.2 cm³/mol. The fourth-order valence-corrected chi connectivity index (χ4v) is 2.14. The summed E-state index contributed by atoms with van der Waals surface area (Å²) in [6.45, 7) is 1.60. The van der Waals surface area contributed by atoms with Crippen LogP contribution in [0.1, 0.15) is 22.7 Å². The first-order chi connectivity index (χ1) is 8.91. The summed E-state index contributed by atoms with van der Waals surface area (Å²) in [4.78, 5) is 0. The molecule has 1 nitrogen and oxygen atoms in total. The molecule has 0 bridgehead atoms. The van der Waals surface area contributed by atoms with Gasteiger partial charge < -0.3 is 5.73 Å². The Morgan fingerprint density at radius 3 is 2.37 bits per heavy atom. The van der Waals surface area contributed by atoms with Gasteiger partial charge in [-0.25, -0.2) is 13.2 Å². The maximum atomic E-state index is 13.9. The van der Waals surface area contributed by atoms with Gasteiger partial charge in [0.2, 0.25) is 0 Å². The van der Waals surface area contributed by atoms with Crippen molar-refractivity contribution in [3.05, 3.63) is 68.9 Å². The van der Waals surface area contributed by atoms with E-state index in [1.807, 2.05) is 0 Å². The zero-order valence-electron chi connectivity index (χ0n) is 10.1. The van der Waals surface area contributed by atoms with Gasteiger partial charge in [0.25, 0.3) is 0 Å². The fourth-order valence-electron chi connectivity index (χ4n) is 1.80. The predicted octanol–water partition coefficient (Wildman–Crippen LogP) is 4.22. The molecule has 0 saturated carbocycles. The minimum Gasteiger partial charge on any atom is -0.320 e.